The summed E-state index contributed by atoms with van der Waals surface area (Å²) in [6.07, 6.45) is 2.69. The lowest BCUT2D eigenvalue weighted by atomic mass is 10.0. The van der Waals surface area contributed by atoms with E-state index in [1.807, 2.05) is 20.8 Å². The second-order valence-corrected chi connectivity index (χ2v) is 4.98. The molecule has 1 fully saturated rings. The van der Waals surface area contributed by atoms with E-state index in [0.29, 0.717) is 12.2 Å². The summed E-state index contributed by atoms with van der Waals surface area (Å²) in [7, 11) is 0. The van der Waals surface area contributed by atoms with Crippen LogP contribution < -0.4 is 4.90 Å². The van der Waals surface area contributed by atoms with E-state index in [-0.39, 0.29) is 6.03 Å². The first-order chi connectivity index (χ1) is 9.54. The highest BCUT2D eigenvalue weighted by Crippen LogP contribution is 2.36. The van der Waals surface area contributed by atoms with Crippen molar-refractivity contribution in [1.29, 1.82) is 0 Å². The number of aliphatic imine (C=N–C) groups is 1. The number of rotatable bonds is 3. The number of aromatic nitrogens is 1. The van der Waals surface area contributed by atoms with E-state index in [4.69, 9.17) is 0 Å². The second kappa shape index (κ2) is 5.29. The molecule has 0 radical (unpaired) electrons. The molecule has 1 atom stereocenters. The van der Waals surface area contributed by atoms with Crippen molar-refractivity contribution in [3.8, 4) is 0 Å². The third kappa shape index (κ3) is 2.11. The Morgan fingerprint density at radius 2 is 2.25 bits per heavy atom. The average molecular weight is 272 g/mol. The van der Waals surface area contributed by atoms with Gasteiger partial charge in [-0.1, -0.05) is 0 Å². The molecule has 0 aliphatic carbocycles. The van der Waals surface area contributed by atoms with Crippen LogP contribution in [0.2, 0.25) is 0 Å². The molecule has 0 bridgehead atoms. The lowest BCUT2D eigenvalue weighted by Gasteiger charge is -2.31. The van der Waals surface area contributed by atoms with Gasteiger partial charge in [0.2, 0.25) is 0 Å². The van der Waals surface area contributed by atoms with Gasteiger partial charge in [-0.3, -0.25) is 9.88 Å². The Morgan fingerprint density at radius 3 is 2.80 bits per heavy atom. The Bertz CT molecular complexity index is 586. The Morgan fingerprint density at radius 1 is 1.50 bits per heavy atom. The zero-order valence-electron chi connectivity index (χ0n) is 11.7. The Hall–Kier alpha value is -2.42. The normalized spacial score (nSPS) is 20.6. The largest absolute Gasteiger partial charge is 0.327 e. The lowest BCUT2D eigenvalue weighted by Crippen LogP contribution is -2.45. The minimum Gasteiger partial charge on any atom is -0.315 e. The molecule has 104 valence electrons. The van der Waals surface area contributed by atoms with Crippen molar-refractivity contribution >= 4 is 23.5 Å². The Labute approximate surface area is 117 Å². The molecule has 1 aliphatic rings. The summed E-state index contributed by atoms with van der Waals surface area (Å²) < 4.78 is 0. The number of hydrogen-bond acceptors (Lipinski definition) is 4. The molecule has 0 saturated carbocycles. The smallest absolute Gasteiger partial charge is 0.315 e. The van der Waals surface area contributed by atoms with Gasteiger partial charge in [0.25, 0.3) is 0 Å². The van der Waals surface area contributed by atoms with Gasteiger partial charge in [-0.25, -0.2) is 14.6 Å². The summed E-state index contributed by atoms with van der Waals surface area (Å²) in [5, 5.41) is 0. The molecule has 1 unspecified atom stereocenters. The number of nitrogens with zero attached hydrogens (tertiary/aromatic N) is 4. The first-order valence-electron chi connectivity index (χ1n) is 6.37. The summed E-state index contributed by atoms with van der Waals surface area (Å²) in [4.78, 5) is 34.3. The fraction of sp³-hybridized carbons (Fsp3) is 0.429. The van der Waals surface area contributed by atoms with Gasteiger partial charge >= 0.3 is 6.03 Å². The van der Waals surface area contributed by atoms with Crippen LogP contribution in [0.3, 0.4) is 0 Å². The maximum Gasteiger partial charge on any atom is 0.327 e. The number of anilines is 1. The maximum atomic E-state index is 12.6. The third-order valence-corrected chi connectivity index (χ3v) is 3.48. The van der Waals surface area contributed by atoms with Crippen molar-refractivity contribution in [3.63, 3.8) is 0 Å². The number of likely N-dealkylation sites (N-methyl/N-ethyl adjacent to an activating group) is 1. The molecule has 1 aromatic heterocycles. The Kier molecular flexibility index (Phi) is 3.70. The summed E-state index contributed by atoms with van der Waals surface area (Å²) >= 11 is 0. The van der Waals surface area contributed by atoms with Gasteiger partial charge < -0.3 is 4.90 Å². The van der Waals surface area contributed by atoms with E-state index < -0.39 is 11.7 Å². The van der Waals surface area contributed by atoms with Gasteiger partial charge in [0.05, 0.1) is 23.3 Å². The Balaban J connectivity index is 2.55. The zero-order chi connectivity index (χ0) is 14.8. The fourth-order valence-electron chi connectivity index (χ4n) is 2.53. The van der Waals surface area contributed by atoms with Crippen LogP contribution in [0, 0.1) is 0 Å². The van der Waals surface area contributed by atoms with E-state index in [0.717, 1.165) is 0 Å². The summed E-state index contributed by atoms with van der Waals surface area (Å²) in [6.45, 7) is 6.28. The van der Waals surface area contributed by atoms with Gasteiger partial charge in [-0.2, -0.15) is 0 Å². The van der Waals surface area contributed by atoms with E-state index in [1.165, 1.54) is 10.8 Å². The summed E-state index contributed by atoms with van der Waals surface area (Å²) in [5.41, 5.74) is 0.0916. The van der Waals surface area contributed by atoms with Crippen molar-refractivity contribution in [2.75, 3.05) is 11.4 Å². The van der Waals surface area contributed by atoms with E-state index in [1.54, 1.807) is 29.4 Å². The number of carbonyl (C=O) groups excluding carboxylic acids is 2. The highest BCUT2D eigenvalue weighted by Gasteiger charge is 2.51. The van der Waals surface area contributed by atoms with Crippen molar-refractivity contribution in [1.82, 2.24) is 9.88 Å². The first kappa shape index (κ1) is 14.0. The van der Waals surface area contributed by atoms with Gasteiger partial charge in [0.1, 0.15) is 0 Å². The van der Waals surface area contributed by atoms with E-state index >= 15 is 0 Å². The number of carbonyl (C=O) groups is 1. The molecule has 2 rings (SSSR count). The predicted molar refractivity (Wildman–Crippen MR) is 75.5 cm³/mol. The summed E-state index contributed by atoms with van der Waals surface area (Å²) in [5.74, 6) is 3.70. The van der Waals surface area contributed by atoms with Gasteiger partial charge in [-0.15, -0.1) is 0 Å². The standard InChI is InChI=1S/C14H16N4O2/c1-4-17-13(20)18(11-6-5-7-15-10-11)12(14(17,2)3)16-8-9-19/h5-7,10,12H,4H2,1-3H3. The number of hydrogen-bond donors (Lipinski definition) is 0. The molecular weight excluding hydrogens is 256 g/mol. The van der Waals surface area contributed by atoms with E-state index in [9.17, 15) is 9.59 Å². The molecule has 2 amide bonds. The molecule has 1 aromatic rings. The van der Waals surface area contributed by atoms with Crippen molar-refractivity contribution < 1.29 is 9.59 Å². The topological polar surface area (TPSA) is 65.9 Å². The average Bonchev–Trinajstić information content (AvgIpc) is 2.63. The van der Waals surface area contributed by atoms with Crippen LogP contribution in [0.5, 0.6) is 0 Å². The molecule has 6 heteroatoms. The van der Waals surface area contributed by atoms with E-state index in [2.05, 4.69) is 15.8 Å². The fourth-order valence-corrected chi connectivity index (χ4v) is 2.53. The van der Waals surface area contributed by atoms with Crippen LogP contribution >= 0.6 is 0 Å². The molecule has 6 nitrogen and oxygen atoms in total. The van der Waals surface area contributed by atoms with Crippen LogP contribution in [-0.4, -0.2) is 46.0 Å². The van der Waals surface area contributed by atoms with Crippen LogP contribution in [0.4, 0.5) is 10.5 Å². The number of amides is 2. The molecule has 20 heavy (non-hydrogen) atoms. The van der Waals surface area contributed by atoms with Crippen molar-refractivity contribution in [3.05, 3.63) is 24.5 Å². The second-order valence-electron chi connectivity index (χ2n) is 4.98. The van der Waals surface area contributed by atoms with Crippen LogP contribution in [0.1, 0.15) is 20.8 Å². The highest BCUT2D eigenvalue weighted by atomic mass is 16.2. The zero-order valence-corrected chi connectivity index (χ0v) is 11.7. The van der Waals surface area contributed by atoms with Gasteiger partial charge in [0.15, 0.2) is 12.1 Å². The highest BCUT2D eigenvalue weighted by molar-refractivity contribution is 5.96. The van der Waals surface area contributed by atoms with Crippen molar-refractivity contribution in [2.45, 2.75) is 32.5 Å². The van der Waals surface area contributed by atoms with Crippen LogP contribution in [0.25, 0.3) is 0 Å². The van der Waals surface area contributed by atoms with Crippen LogP contribution in [-0.2, 0) is 4.79 Å². The first-order valence-corrected chi connectivity index (χ1v) is 6.37. The molecule has 0 spiro atoms. The SMILES string of the molecule is CCN1C(=O)N(c2cccnc2)C(N=C=C=O)C1(C)C. The van der Waals surface area contributed by atoms with Crippen molar-refractivity contribution in [2.24, 2.45) is 4.99 Å². The minimum absolute atomic E-state index is 0.160. The van der Waals surface area contributed by atoms with Crippen LogP contribution in [0.15, 0.2) is 29.5 Å². The summed E-state index contributed by atoms with van der Waals surface area (Å²) in [6, 6.07) is 3.38. The molecule has 1 aliphatic heterocycles. The monoisotopic (exact) mass is 272 g/mol. The molecular formula is C14H16N4O2. The maximum absolute atomic E-state index is 12.6. The molecule has 0 aromatic carbocycles. The number of urea groups is 1. The third-order valence-electron chi connectivity index (χ3n) is 3.48. The molecule has 0 N–H and O–H groups in total. The molecule has 2 heterocycles. The minimum atomic E-state index is -0.550. The predicted octanol–water partition coefficient (Wildman–Crippen LogP) is 1.51. The van der Waals surface area contributed by atoms with Gasteiger partial charge in [0, 0.05) is 12.7 Å². The lowest BCUT2D eigenvalue weighted by molar-refractivity contribution is 0.171. The van der Waals surface area contributed by atoms with Gasteiger partial charge in [-0.05, 0) is 32.9 Å². The number of pyridine rings is 1. The molecule has 1 saturated heterocycles. The quantitative estimate of drug-likeness (QED) is 0.618.